The fourth-order valence-electron chi connectivity index (χ4n) is 1.70. The van der Waals surface area contributed by atoms with Crippen LogP contribution in [0.25, 0.3) is 0 Å². The molecule has 0 radical (unpaired) electrons. The van der Waals surface area contributed by atoms with Crippen LogP contribution in [0.2, 0.25) is 0 Å². The zero-order valence-corrected chi connectivity index (χ0v) is 12.1. The van der Waals surface area contributed by atoms with E-state index in [-0.39, 0.29) is 5.91 Å². The molecule has 0 bridgehead atoms. The lowest BCUT2D eigenvalue weighted by atomic mass is 10.1. The molecule has 4 heteroatoms. The Morgan fingerprint density at radius 3 is 2.63 bits per heavy atom. The van der Waals surface area contributed by atoms with E-state index in [1.54, 1.807) is 12.1 Å². The molecule has 4 N–H and O–H groups in total. The van der Waals surface area contributed by atoms with Gasteiger partial charge in [0, 0.05) is 18.7 Å². The average molecular weight is 263 g/mol. The van der Waals surface area contributed by atoms with Crippen LogP contribution >= 0.6 is 0 Å². The van der Waals surface area contributed by atoms with Gasteiger partial charge in [-0.1, -0.05) is 20.8 Å². The maximum absolute atomic E-state index is 11.8. The predicted molar refractivity (Wildman–Crippen MR) is 81.4 cm³/mol. The maximum atomic E-state index is 11.8. The van der Waals surface area contributed by atoms with E-state index in [0.717, 1.165) is 25.1 Å². The highest BCUT2D eigenvalue weighted by molar-refractivity contribution is 5.96. The first-order valence-electron chi connectivity index (χ1n) is 6.96. The molecule has 0 saturated carbocycles. The molecule has 0 fully saturated rings. The van der Waals surface area contributed by atoms with Crippen molar-refractivity contribution in [1.82, 2.24) is 5.32 Å². The lowest BCUT2D eigenvalue weighted by molar-refractivity contribution is 0.0953. The number of amides is 1. The molecular weight excluding hydrogens is 238 g/mol. The Labute approximate surface area is 115 Å². The van der Waals surface area contributed by atoms with Gasteiger partial charge in [0.05, 0.1) is 11.4 Å². The predicted octanol–water partition coefficient (Wildman–Crippen LogP) is 2.87. The summed E-state index contributed by atoms with van der Waals surface area (Å²) in [6.07, 6.45) is 2.02. The van der Waals surface area contributed by atoms with Gasteiger partial charge in [0.2, 0.25) is 0 Å². The summed E-state index contributed by atoms with van der Waals surface area (Å²) in [6, 6.07) is 5.40. The molecule has 1 aromatic rings. The van der Waals surface area contributed by atoms with E-state index in [1.807, 2.05) is 13.0 Å². The Hall–Kier alpha value is -1.71. The third kappa shape index (κ3) is 5.20. The van der Waals surface area contributed by atoms with Crippen molar-refractivity contribution >= 4 is 17.3 Å². The van der Waals surface area contributed by atoms with Crippen molar-refractivity contribution in [2.75, 3.05) is 24.1 Å². The van der Waals surface area contributed by atoms with Crippen LogP contribution in [-0.4, -0.2) is 19.0 Å². The smallest absolute Gasteiger partial charge is 0.251 e. The second kappa shape index (κ2) is 7.67. The number of hydrogen-bond acceptors (Lipinski definition) is 3. The Kier molecular flexibility index (Phi) is 6.19. The van der Waals surface area contributed by atoms with Crippen molar-refractivity contribution in [2.45, 2.75) is 33.6 Å². The van der Waals surface area contributed by atoms with Crippen LogP contribution in [0.3, 0.4) is 0 Å². The lowest BCUT2D eigenvalue weighted by Gasteiger charge is -2.12. The number of hydrogen-bond donors (Lipinski definition) is 3. The van der Waals surface area contributed by atoms with Crippen molar-refractivity contribution in [2.24, 2.45) is 5.92 Å². The van der Waals surface area contributed by atoms with Gasteiger partial charge < -0.3 is 16.4 Å². The first kappa shape index (κ1) is 15.3. The summed E-state index contributed by atoms with van der Waals surface area (Å²) in [4.78, 5) is 11.8. The van der Waals surface area contributed by atoms with Crippen molar-refractivity contribution in [3.8, 4) is 0 Å². The second-order valence-electron chi connectivity index (χ2n) is 5.17. The van der Waals surface area contributed by atoms with E-state index >= 15 is 0 Å². The molecule has 0 heterocycles. The van der Waals surface area contributed by atoms with Crippen LogP contribution in [0.4, 0.5) is 11.4 Å². The van der Waals surface area contributed by atoms with E-state index < -0.39 is 0 Å². The highest BCUT2D eigenvalue weighted by Crippen LogP contribution is 2.20. The largest absolute Gasteiger partial charge is 0.397 e. The minimum absolute atomic E-state index is 0.0673. The highest BCUT2D eigenvalue weighted by atomic mass is 16.1. The minimum Gasteiger partial charge on any atom is -0.397 e. The number of nitrogen functional groups attached to an aromatic ring is 1. The van der Waals surface area contributed by atoms with Gasteiger partial charge in [0.1, 0.15) is 0 Å². The Morgan fingerprint density at radius 2 is 2.05 bits per heavy atom. The molecule has 106 valence electrons. The number of benzene rings is 1. The van der Waals surface area contributed by atoms with Crippen LogP contribution in [0.15, 0.2) is 18.2 Å². The van der Waals surface area contributed by atoms with Crippen molar-refractivity contribution in [3.63, 3.8) is 0 Å². The number of rotatable bonds is 7. The average Bonchev–Trinajstić information content (AvgIpc) is 2.37. The molecule has 0 unspecified atom stereocenters. The van der Waals surface area contributed by atoms with Gasteiger partial charge in [-0.25, -0.2) is 0 Å². The van der Waals surface area contributed by atoms with Crippen molar-refractivity contribution in [1.29, 1.82) is 0 Å². The standard InChI is InChI=1S/C15H25N3O/c1-4-8-18-15(19)12-5-6-14(13(16)10-12)17-9-7-11(2)3/h5-6,10-11,17H,4,7-9,16H2,1-3H3,(H,18,19). The normalized spacial score (nSPS) is 10.5. The van der Waals surface area contributed by atoms with Gasteiger partial charge >= 0.3 is 0 Å². The number of nitrogens with two attached hydrogens (primary N) is 1. The van der Waals surface area contributed by atoms with Crippen molar-refractivity contribution < 1.29 is 4.79 Å². The van der Waals surface area contributed by atoms with Gasteiger partial charge in [0.15, 0.2) is 0 Å². The van der Waals surface area contributed by atoms with Crippen LogP contribution in [0.5, 0.6) is 0 Å². The fraction of sp³-hybridized carbons (Fsp3) is 0.533. The number of carbonyl (C=O) groups is 1. The monoisotopic (exact) mass is 263 g/mol. The molecule has 19 heavy (non-hydrogen) atoms. The molecule has 1 aromatic carbocycles. The maximum Gasteiger partial charge on any atom is 0.251 e. The van der Waals surface area contributed by atoms with Crippen LogP contribution in [-0.2, 0) is 0 Å². The third-order valence-electron chi connectivity index (χ3n) is 2.89. The molecule has 0 spiro atoms. The molecule has 0 aliphatic heterocycles. The van der Waals surface area contributed by atoms with Gasteiger partial charge in [0.25, 0.3) is 5.91 Å². The van der Waals surface area contributed by atoms with E-state index in [9.17, 15) is 4.79 Å². The zero-order valence-electron chi connectivity index (χ0n) is 12.1. The molecule has 0 saturated heterocycles. The SMILES string of the molecule is CCCNC(=O)c1ccc(NCCC(C)C)c(N)c1. The summed E-state index contributed by atoms with van der Waals surface area (Å²) in [5, 5.41) is 6.14. The van der Waals surface area contributed by atoms with Gasteiger partial charge in [-0.05, 0) is 37.0 Å². The Morgan fingerprint density at radius 1 is 1.32 bits per heavy atom. The molecule has 0 aromatic heterocycles. The summed E-state index contributed by atoms with van der Waals surface area (Å²) in [5.41, 5.74) is 8.09. The molecule has 0 atom stereocenters. The molecule has 0 aliphatic carbocycles. The Balaban J connectivity index is 2.61. The summed E-state index contributed by atoms with van der Waals surface area (Å²) < 4.78 is 0. The summed E-state index contributed by atoms with van der Waals surface area (Å²) in [5.74, 6) is 0.593. The highest BCUT2D eigenvalue weighted by Gasteiger charge is 2.07. The topological polar surface area (TPSA) is 67.2 Å². The number of nitrogens with one attached hydrogen (secondary N) is 2. The Bertz CT molecular complexity index is 416. The molecule has 4 nitrogen and oxygen atoms in total. The van der Waals surface area contributed by atoms with Crippen LogP contribution in [0.1, 0.15) is 44.0 Å². The number of carbonyl (C=O) groups excluding carboxylic acids is 1. The van der Waals surface area contributed by atoms with E-state index in [4.69, 9.17) is 5.73 Å². The van der Waals surface area contributed by atoms with E-state index in [0.29, 0.717) is 23.7 Å². The van der Waals surface area contributed by atoms with E-state index in [2.05, 4.69) is 24.5 Å². The lowest BCUT2D eigenvalue weighted by Crippen LogP contribution is -2.24. The first-order valence-corrected chi connectivity index (χ1v) is 6.96. The fourth-order valence-corrected chi connectivity index (χ4v) is 1.70. The van der Waals surface area contributed by atoms with Gasteiger partial charge in [-0.2, -0.15) is 0 Å². The molecule has 0 aliphatic rings. The zero-order chi connectivity index (χ0) is 14.3. The quantitative estimate of drug-likeness (QED) is 0.663. The second-order valence-corrected chi connectivity index (χ2v) is 5.17. The van der Waals surface area contributed by atoms with Crippen molar-refractivity contribution in [3.05, 3.63) is 23.8 Å². The minimum atomic E-state index is -0.0673. The summed E-state index contributed by atoms with van der Waals surface area (Å²) >= 11 is 0. The van der Waals surface area contributed by atoms with Gasteiger partial charge in [-0.3, -0.25) is 4.79 Å². The third-order valence-corrected chi connectivity index (χ3v) is 2.89. The molecule has 1 rings (SSSR count). The van der Waals surface area contributed by atoms with Crippen LogP contribution < -0.4 is 16.4 Å². The first-order chi connectivity index (χ1) is 9.04. The number of anilines is 2. The van der Waals surface area contributed by atoms with Gasteiger partial charge in [-0.15, -0.1) is 0 Å². The molecule has 1 amide bonds. The molecular formula is C15H25N3O. The van der Waals surface area contributed by atoms with E-state index in [1.165, 1.54) is 0 Å². The summed E-state index contributed by atoms with van der Waals surface area (Å²) in [6.45, 7) is 7.98. The van der Waals surface area contributed by atoms with Crippen LogP contribution in [0, 0.1) is 5.92 Å². The summed E-state index contributed by atoms with van der Waals surface area (Å²) in [7, 11) is 0.